The largest absolute Gasteiger partial charge is 0.379 e. The Labute approximate surface area is 201 Å². The number of rotatable bonds is 8. The van der Waals surface area contributed by atoms with Crippen molar-refractivity contribution in [1.29, 1.82) is 0 Å². The highest BCUT2D eigenvalue weighted by Crippen LogP contribution is 2.07. The summed E-state index contributed by atoms with van der Waals surface area (Å²) < 4.78 is 7.14. The average Bonchev–Trinajstić information content (AvgIpc) is 2.78. The number of aromatic nitrogens is 1. The van der Waals surface area contributed by atoms with E-state index in [9.17, 15) is 4.79 Å². The van der Waals surface area contributed by atoms with E-state index >= 15 is 0 Å². The van der Waals surface area contributed by atoms with Gasteiger partial charge in [0.1, 0.15) is 0 Å². The first-order valence-corrected chi connectivity index (χ1v) is 10.7. The van der Waals surface area contributed by atoms with Crippen molar-refractivity contribution in [2.75, 3.05) is 39.4 Å². The fourth-order valence-corrected chi connectivity index (χ4v) is 3.44. The second-order valence-electron chi connectivity index (χ2n) is 7.56. The maximum Gasteiger partial charge on any atom is 0.250 e. The van der Waals surface area contributed by atoms with Gasteiger partial charge in [0, 0.05) is 44.5 Å². The Kier molecular flexibility index (Phi) is 11.0. The highest BCUT2D eigenvalue weighted by molar-refractivity contribution is 14.0. The van der Waals surface area contributed by atoms with E-state index in [1.54, 1.807) is 16.7 Å². The smallest absolute Gasteiger partial charge is 0.250 e. The highest BCUT2D eigenvalue weighted by atomic mass is 127. The SMILES string of the molecule is CCNC(=NCc1ccc(Cn2ccccc2=O)cc1)NCC(C)N1CCOCC1.I. The van der Waals surface area contributed by atoms with Gasteiger partial charge in [0.2, 0.25) is 0 Å². The van der Waals surface area contributed by atoms with Gasteiger partial charge in [-0.15, -0.1) is 24.0 Å². The summed E-state index contributed by atoms with van der Waals surface area (Å²) in [4.78, 5) is 19.0. The molecule has 0 radical (unpaired) electrons. The zero-order valence-corrected chi connectivity index (χ0v) is 20.7. The minimum absolute atomic E-state index is 0. The molecule has 1 aliphatic heterocycles. The van der Waals surface area contributed by atoms with E-state index in [2.05, 4.69) is 53.6 Å². The van der Waals surface area contributed by atoms with Crippen molar-refractivity contribution >= 4 is 29.9 Å². The average molecular weight is 539 g/mol. The molecular formula is C23H34IN5O2. The van der Waals surface area contributed by atoms with Gasteiger partial charge < -0.3 is 19.9 Å². The number of halogens is 1. The Bertz CT molecular complexity index is 863. The van der Waals surface area contributed by atoms with Crippen LogP contribution in [0.5, 0.6) is 0 Å². The van der Waals surface area contributed by atoms with Crippen molar-refractivity contribution in [3.63, 3.8) is 0 Å². The molecule has 0 amide bonds. The van der Waals surface area contributed by atoms with Crippen LogP contribution in [0.25, 0.3) is 0 Å². The van der Waals surface area contributed by atoms with Crippen molar-refractivity contribution in [2.24, 2.45) is 4.99 Å². The Morgan fingerprint density at radius 1 is 1.10 bits per heavy atom. The zero-order chi connectivity index (χ0) is 21.2. The van der Waals surface area contributed by atoms with Crippen molar-refractivity contribution in [2.45, 2.75) is 33.0 Å². The second-order valence-corrected chi connectivity index (χ2v) is 7.56. The normalized spacial score (nSPS) is 15.7. The molecule has 1 aromatic heterocycles. The number of aliphatic imine (C=N–C) groups is 1. The molecule has 170 valence electrons. The summed E-state index contributed by atoms with van der Waals surface area (Å²) in [7, 11) is 0. The van der Waals surface area contributed by atoms with Crippen LogP contribution in [0.3, 0.4) is 0 Å². The van der Waals surface area contributed by atoms with Gasteiger partial charge in [0.25, 0.3) is 5.56 Å². The number of guanidine groups is 1. The molecule has 1 atom stereocenters. The molecule has 0 aliphatic carbocycles. The summed E-state index contributed by atoms with van der Waals surface area (Å²) in [5, 5.41) is 6.78. The number of hydrogen-bond donors (Lipinski definition) is 2. The van der Waals surface area contributed by atoms with Crippen LogP contribution >= 0.6 is 24.0 Å². The zero-order valence-electron chi connectivity index (χ0n) is 18.4. The van der Waals surface area contributed by atoms with Gasteiger partial charge in [-0.1, -0.05) is 30.3 Å². The minimum Gasteiger partial charge on any atom is -0.379 e. The number of nitrogens with one attached hydrogen (secondary N) is 2. The Morgan fingerprint density at radius 2 is 1.81 bits per heavy atom. The molecule has 31 heavy (non-hydrogen) atoms. The fraction of sp³-hybridized carbons (Fsp3) is 0.478. The van der Waals surface area contributed by atoms with Crippen LogP contribution in [0.1, 0.15) is 25.0 Å². The number of morpholine rings is 1. The van der Waals surface area contributed by atoms with E-state index < -0.39 is 0 Å². The van der Waals surface area contributed by atoms with Gasteiger partial charge >= 0.3 is 0 Å². The van der Waals surface area contributed by atoms with E-state index in [1.807, 2.05) is 12.3 Å². The molecule has 1 unspecified atom stereocenters. The lowest BCUT2D eigenvalue weighted by atomic mass is 10.1. The molecule has 7 nitrogen and oxygen atoms in total. The Hall–Kier alpha value is -1.91. The summed E-state index contributed by atoms with van der Waals surface area (Å²) >= 11 is 0. The predicted molar refractivity (Wildman–Crippen MR) is 136 cm³/mol. The first-order chi connectivity index (χ1) is 14.7. The minimum atomic E-state index is 0. The van der Waals surface area contributed by atoms with Crippen LogP contribution in [0.15, 0.2) is 58.4 Å². The number of nitrogens with zero attached hydrogens (tertiary/aromatic N) is 3. The molecule has 2 N–H and O–H groups in total. The molecule has 1 saturated heterocycles. The van der Waals surface area contributed by atoms with Crippen LogP contribution < -0.4 is 16.2 Å². The lowest BCUT2D eigenvalue weighted by Crippen LogP contribution is -2.49. The molecule has 0 bridgehead atoms. The number of benzene rings is 1. The quantitative estimate of drug-likeness (QED) is 0.306. The van der Waals surface area contributed by atoms with Crippen LogP contribution in [-0.2, 0) is 17.8 Å². The van der Waals surface area contributed by atoms with E-state index in [0.29, 0.717) is 19.1 Å². The monoisotopic (exact) mass is 539 g/mol. The summed E-state index contributed by atoms with van der Waals surface area (Å²) in [6, 6.07) is 13.9. The van der Waals surface area contributed by atoms with E-state index in [-0.39, 0.29) is 29.5 Å². The first-order valence-electron chi connectivity index (χ1n) is 10.7. The van der Waals surface area contributed by atoms with Gasteiger partial charge in [0.05, 0.1) is 26.3 Å². The van der Waals surface area contributed by atoms with Crippen LogP contribution in [-0.4, -0.2) is 60.9 Å². The van der Waals surface area contributed by atoms with Gasteiger partial charge in [-0.3, -0.25) is 9.69 Å². The molecule has 1 aromatic carbocycles. The van der Waals surface area contributed by atoms with Crippen LogP contribution in [0.2, 0.25) is 0 Å². The van der Waals surface area contributed by atoms with E-state index in [4.69, 9.17) is 9.73 Å². The highest BCUT2D eigenvalue weighted by Gasteiger charge is 2.16. The maximum absolute atomic E-state index is 11.9. The predicted octanol–water partition coefficient (Wildman–Crippen LogP) is 2.29. The number of ether oxygens (including phenoxy) is 1. The summed E-state index contributed by atoms with van der Waals surface area (Å²) in [6.45, 7) is 10.7. The third-order valence-corrected chi connectivity index (χ3v) is 5.27. The van der Waals surface area contributed by atoms with Crippen molar-refractivity contribution in [1.82, 2.24) is 20.1 Å². The van der Waals surface area contributed by atoms with E-state index in [0.717, 1.165) is 56.5 Å². The van der Waals surface area contributed by atoms with Gasteiger partial charge in [-0.2, -0.15) is 0 Å². The first kappa shape index (κ1) is 25.4. The maximum atomic E-state index is 11.9. The second kappa shape index (κ2) is 13.5. The lowest BCUT2D eigenvalue weighted by Gasteiger charge is -2.32. The molecule has 0 saturated carbocycles. The standard InChI is InChI=1S/C23H33N5O2.HI/c1-3-24-23(25-16-19(2)27-12-14-30-15-13-27)26-17-20-7-9-21(10-8-20)18-28-11-5-4-6-22(28)29;/h4-11,19H,3,12-18H2,1-2H3,(H2,24,25,26);1H. The summed E-state index contributed by atoms with van der Waals surface area (Å²) in [5.74, 6) is 0.831. The third kappa shape index (κ3) is 8.27. The van der Waals surface area contributed by atoms with Gasteiger partial charge in [-0.05, 0) is 31.0 Å². The molecule has 0 spiro atoms. The molecule has 1 aliphatic rings. The molecule has 2 heterocycles. The number of pyridine rings is 1. The third-order valence-electron chi connectivity index (χ3n) is 5.27. The number of hydrogen-bond acceptors (Lipinski definition) is 4. The molecule has 8 heteroatoms. The fourth-order valence-electron chi connectivity index (χ4n) is 3.44. The molecular weight excluding hydrogens is 505 g/mol. The van der Waals surface area contributed by atoms with E-state index in [1.165, 1.54) is 0 Å². The Morgan fingerprint density at radius 3 is 2.48 bits per heavy atom. The van der Waals surface area contributed by atoms with Crippen LogP contribution in [0.4, 0.5) is 0 Å². The van der Waals surface area contributed by atoms with Gasteiger partial charge in [-0.25, -0.2) is 4.99 Å². The molecule has 1 fully saturated rings. The molecule has 2 aromatic rings. The molecule has 3 rings (SSSR count). The van der Waals surface area contributed by atoms with Crippen molar-refractivity contribution in [3.05, 3.63) is 70.1 Å². The lowest BCUT2D eigenvalue weighted by molar-refractivity contribution is 0.0211. The van der Waals surface area contributed by atoms with Crippen molar-refractivity contribution < 1.29 is 4.74 Å². The summed E-state index contributed by atoms with van der Waals surface area (Å²) in [6.07, 6.45) is 1.81. The topological polar surface area (TPSA) is 70.9 Å². The van der Waals surface area contributed by atoms with Crippen LogP contribution in [0, 0.1) is 0 Å². The van der Waals surface area contributed by atoms with Crippen molar-refractivity contribution in [3.8, 4) is 0 Å². The Balaban J connectivity index is 0.00000341. The summed E-state index contributed by atoms with van der Waals surface area (Å²) in [5.41, 5.74) is 2.25. The van der Waals surface area contributed by atoms with Gasteiger partial charge in [0.15, 0.2) is 5.96 Å².